The number of hydrogen-bond acceptors (Lipinski definition) is 5. The fourth-order valence-electron chi connectivity index (χ4n) is 2.34. The van der Waals surface area contributed by atoms with E-state index < -0.39 is 24.9 Å². The Morgan fingerprint density at radius 1 is 0.917 bits per heavy atom. The van der Waals surface area contributed by atoms with Crippen LogP contribution in [0.5, 0.6) is 0 Å². The molecule has 0 aromatic heterocycles. The van der Waals surface area contributed by atoms with Crippen LogP contribution in [0, 0.1) is 0 Å². The van der Waals surface area contributed by atoms with E-state index in [1.54, 1.807) is 37.6 Å². The Labute approximate surface area is 138 Å². The van der Waals surface area contributed by atoms with Crippen molar-refractivity contribution in [2.45, 2.75) is 0 Å². The predicted octanol–water partition coefficient (Wildman–Crippen LogP) is 2.30. The molecule has 0 atom stereocenters. The third kappa shape index (κ3) is 2.76. The van der Waals surface area contributed by atoms with Gasteiger partial charge in [-0.15, -0.1) is 0 Å². The van der Waals surface area contributed by atoms with Gasteiger partial charge in [0.05, 0.1) is 16.7 Å². The minimum atomic E-state index is -2.43. The minimum absolute atomic E-state index is 0.156. The van der Waals surface area contributed by atoms with Gasteiger partial charge < -0.3 is 9.40 Å². The molecule has 0 fully saturated rings. The first kappa shape index (κ1) is 16.1. The number of nitrogens with zero attached hydrogens (tertiary/aromatic N) is 1. The number of hydrogen-bond donors (Lipinski definition) is 0. The molecular formula is C17H14NO5P. The average molecular weight is 343 g/mol. The molecule has 0 aliphatic carbocycles. The average Bonchev–Trinajstić information content (AvgIpc) is 2.79. The van der Waals surface area contributed by atoms with Gasteiger partial charge in [0.2, 0.25) is 0 Å². The molecule has 2 aromatic rings. The Morgan fingerprint density at radius 3 is 1.88 bits per heavy atom. The van der Waals surface area contributed by atoms with E-state index >= 15 is 0 Å². The smallest absolute Gasteiger partial charge is 0.324 e. The first-order valence-corrected chi connectivity index (χ1v) is 9.75. The van der Waals surface area contributed by atoms with E-state index in [1.165, 1.54) is 24.3 Å². The van der Waals surface area contributed by atoms with Crippen molar-refractivity contribution < 1.29 is 23.8 Å². The van der Waals surface area contributed by atoms with Crippen LogP contribution in [0.4, 0.5) is 0 Å². The summed E-state index contributed by atoms with van der Waals surface area (Å²) in [5.74, 6) is -2.18. The van der Waals surface area contributed by atoms with Crippen LogP contribution in [-0.4, -0.2) is 36.2 Å². The molecule has 0 saturated carbocycles. The van der Waals surface area contributed by atoms with Crippen molar-refractivity contribution >= 4 is 30.2 Å². The van der Waals surface area contributed by atoms with Crippen LogP contribution >= 0.6 is 7.14 Å². The Balaban J connectivity index is 1.80. The molecule has 3 rings (SSSR count). The van der Waals surface area contributed by atoms with E-state index in [4.69, 9.17) is 4.84 Å². The maximum Gasteiger partial charge on any atom is 0.363 e. The van der Waals surface area contributed by atoms with E-state index in [1.807, 2.05) is 0 Å². The number of carbonyl (C=O) groups excluding carboxylic acids is 3. The maximum absolute atomic E-state index is 12.2. The van der Waals surface area contributed by atoms with Crippen LogP contribution in [0.3, 0.4) is 0 Å². The third-order valence-electron chi connectivity index (χ3n) is 3.66. The summed E-state index contributed by atoms with van der Waals surface area (Å²) in [6.07, 6.45) is 0. The summed E-state index contributed by atoms with van der Waals surface area (Å²) in [6.45, 7) is 3.25. The largest absolute Gasteiger partial charge is 0.363 e. The van der Waals surface area contributed by atoms with E-state index in [0.29, 0.717) is 10.4 Å². The summed E-state index contributed by atoms with van der Waals surface area (Å²) >= 11 is 0. The number of hydroxylamine groups is 2. The van der Waals surface area contributed by atoms with Gasteiger partial charge in [0.25, 0.3) is 11.8 Å². The quantitative estimate of drug-likeness (QED) is 0.631. The molecule has 24 heavy (non-hydrogen) atoms. The van der Waals surface area contributed by atoms with E-state index in [-0.39, 0.29) is 16.7 Å². The summed E-state index contributed by atoms with van der Waals surface area (Å²) in [4.78, 5) is 41.4. The summed E-state index contributed by atoms with van der Waals surface area (Å²) in [5, 5.41) is 1.09. The molecule has 6 nitrogen and oxygen atoms in total. The lowest BCUT2D eigenvalue weighted by Crippen LogP contribution is -2.32. The van der Waals surface area contributed by atoms with Gasteiger partial charge in [-0.3, -0.25) is 9.59 Å². The van der Waals surface area contributed by atoms with Crippen LogP contribution in [0.1, 0.15) is 31.1 Å². The fourth-order valence-corrected chi connectivity index (χ4v) is 3.21. The van der Waals surface area contributed by atoms with Crippen LogP contribution in [0.25, 0.3) is 0 Å². The van der Waals surface area contributed by atoms with Crippen LogP contribution < -0.4 is 5.30 Å². The molecule has 0 spiro atoms. The van der Waals surface area contributed by atoms with Crippen molar-refractivity contribution in [1.82, 2.24) is 5.06 Å². The standard InChI is InChI=1S/C17H14NO5P/c1-24(2,22)12-9-7-11(8-10-12)17(21)23-18-15(19)13-5-3-4-6-14(13)16(18)20/h3-10H,1-2H3. The van der Waals surface area contributed by atoms with Crippen molar-refractivity contribution in [3.63, 3.8) is 0 Å². The highest BCUT2D eigenvalue weighted by atomic mass is 31.2. The summed E-state index contributed by atoms with van der Waals surface area (Å²) in [5.41, 5.74) is 0.552. The number of imide groups is 1. The van der Waals surface area contributed by atoms with Crippen molar-refractivity contribution in [1.29, 1.82) is 0 Å². The molecule has 7 heteroatoms. The molecule has 0 saturated heterocycles. The highest BCUT2D eigenvalue weighted by Gasteiger charge is 2.38. The number of amides is 2. The van der Waals surface area contributed by atoms with Crippen molar-refractivity contribution in [2.75, 3.05) is 13.3 Å². The molecule has 0 N–H and O–H groups in total. The highest BCUT2D eigenvalue weighted by molar-refractivity contribution is 7.70. The molecule has 1 aliphatic heterocycles. The number of carbonyl (C=O) groups is 3. The monoisotopic (exact) mass is 343 g/mol. The summed E-state index contributed by atoms with van der Waals surface area (Å²) in [7, 11) is -2.43. The molecule has 0 radical (unpaired) electrons. The van der Waals surface area contributed by atoms with E-state index in [0.717, 1.165) is 0 Å². The first-order valence-electron chi connectivity index (χ1n) is 7.15. The number of fused-ring (bicyclic) bond motifs is 1. The van der Waals surface area contributed by atoms with Gasteiger partial charge in [-0.25, -0.2) is 4.79 Å². The van der Waals surface area contributed by atoms with Gasteiger partial charge in [-0.1, -0.05) is 29.3 Å². The summed E-state index contributed by atoms with van der Waals surface area (Å²) in [6, 6.07) is 12.3. The lowest BCUT2D eigenvalue weighted by Gasteiger charge is -2.13. The van der Waals surface area contributed by atoms with Crippen molar-refractivity contribution in [2.24, 2.45) is 0 Å². The first-order chi connectivity index (χ1) is 11.3. The zero-order valence-electron chi connectivity index (χ0n) is 13.1. The number of rotatable bonds is 3. The predicted molar refractivity (Wildman–Crippen MR) is 87.9 cm³/mol. The topological polar surface area (TPSA) is 80.8 Å². The third-order valence-corrected chi connectivity index (χ3v) is 5.20. The fraction of sp³-hybridized carbons (Fsp3) is 0.118. The SMILES string of the molecule is CP(C)(=O)c1ccc(C(=O)ON2C(=O)c3ccccc3C2=O)cc1. The minimum Gasteiger partial charge on any atom is -0.324 e. The second-order valence-electron chi connectivity index (χ2n) is 5.73. The van der Waals surface area contributed by atoms with E-state index in [9.17, 15) is 18.9 Å². The van der Waals surface area contributed by atoms with Crippen molar-refractivity contribution in [3.05, 3.63) is 65.2 Å². The molecule has 1 aliphatic rings. The van der Waals surface area contributed by atoms with Gasteiger partial charge in [-0.2, -0.15) is 0 Å². The zero-order chi connectivity index (χ0) is 17.5. The Kier molecular flexibility index (Phi) is 3.85. The number of benzene rings is 2. The molecule has 0 bridgehead atoms. The van der Waals surface area contributed by atoms with Crippen molar-refractivity contribution in [3.8, 4) is 0 Å². The van der Waals surface area contributed by atoms with Crippen LogP contribution in [0.2, 0.25) is 0 Å². The van der Waals surface area contributed by atoms with Gasteiger partial charge in [0.1, 0.15) is 7.14 Å². The van der Waals surface area contributed by atoms with E-state index in [2.05, 4.69) is 0 Å². The Hall–Kier alpha value is -2.72. The van der Waals surface area contributed by atoms with Gasteiger partial charge in [0, 0.05) is 5.30 Å². The zero-order valence-corrected chi connectivity index (χ0v) is 13.9. The van der Waals surface area contributed by atoms with Gasteiger partial charge in [0.15, 0.2) is 0 Å². The van der Waals surface area contributed by atoms with Gasteiger partial charge >= 0.3 is 5.97 Å². The molecule has 2 aromatic carbocycles. The molecule has 122 valence electrons. The Bertz CT molecular complexity index is 862. The summed E-state index contributed by atoms with van der Waals surface area (Å²) < 4.78 is 12.0. The second kappa shape index (κ2) is 5.73. The van der Waals surface area contributed by atoms with Gasteiger partial charge in [-0.05, 0) is 37.6 Å². The lowest BCUT2D eigenvalue weighted by molar-refractivity contribution is -0.0584. The Morgan fingerprint density at radius 2 is 1.42 bits per heavy atom. The lowest BCUT2D eigenvalue weighted by atomic mass is 10.1. The molecular weight excluding hydrogens is 329 g/mol. The highest BCUT2D eigenvalue weighted by Crippen LogP contribution is 2.34. The normalized spacial score (nSPS) is 13.8. The molecule has 1 heterocycles. The van der Waals surface area contributed by atoms with Crippen LogP contribution in [0.15, 0.2) is 48.5 Å². The second-order valence-corrected chi connectivity index (χ2v) is 8.94. The molecule has 0 unspecified atom stereocenters. The molecule has 2 amide bonds. The maximum atomic E-state index is 12.2. The van der Waals surface area contributed by atoms with Crippen LogP contribution in [-0.2, 0) is 9.40 Å².